The van der Waals surface area contributed by atoms with E-state index in [0.717, 1.165) is 64.2 Å². The van der Waals surface area contributed by atoms with Crippen LogP contribution in [0, 0.1) is 0 Å². The van der Waals surface area contributed by atoms with Gasteiger partial charge in [0.05, 0.1) is 27.7 Å². The van der Waals surface area contributed by atoms with Crippen LogP contribution in [0.2, 0.25) is 0 Å². The maximum Gasteiger partial charge on any atom is 0.306 e. The summed E-state index contributed by atoms with van der Waals surface area (Å²) >= 11 is 0. The Balaban J connectivity index is 4.28. The van der Waals surface area contributed by atoms with E-state index in [0.29, 0.717) is 17.4 Å². The molecule has 0 N–H and O–H groups in total. The number of unbranched alkanes of at least 4 members (excludes halogenated alkanes) is 27. The van der Waals surface area contributed by atoms with Gasteiger partial charge in [-0.3, -0.25) is 14.2 Å². The molecule has 0 radical (unpaired) electrons. The van der Waals surface area contributed by atoms with Crippen LogP contribution in [-0.4, -0.2) is 70.0 Å². The molecule has 0 aliphatic rings. The van der Waals surface area contributed by atoms with E-state index >= 15 is 0 Å². The number of rotatable bonds is 45. The lowest BCUT2D eigenvalue weighted by Crippen LogP contribution is -2.37. The van der Waals surface area contributed by atoms with Crippen LogP contribution in [0.1, 0.15) is 226 Å². The molecule has 0 amide bonds. The van der Waals surface area contributed by atoms with E-state index in [-0.39, 0.29) is 32.0 Å². The van der Waals surface area contributed by atoms with Gasteiger partial charge in [0.25, 0.3) is 7.82 Å². The minimum Gasteiger partial charge on any atom is -0.756 e. The molecule has 0 aromatic carbocycles. The van der Waals surface area contributed by atoms with Gasteiger partial charge in [0.2, 0.25) is 0 Å². The van der Waals surface area contributed by atoms with Crippen molar-refractivity contribution in [2.45, 2.75) is 232 Å². The van der Waals surface area contributed by atoms with Crippen LogP contribution in [0.25, 0.3) is 0 Å². The molecule has 0 bridgehead atoms. The van der Waals surface area contributed by atoms with Crippen LogP contribution in [0.5, 0.6) is 0 Å². The minimum absolute atomic E-state index is 0.0317. The molecule has 0 aliphatic carbocycles. The molecule has 0 heterocycles. The molecule has 0 aliphatic heterocycles. The summed E-state index contributed by atoms with van der Waals surface area (Å²) in [4.78, 5) is 37.6. The quantitative estimate of drug-likeness (QED) is 0.0196. The van der Waals surface area contributed by atoms with Crippen LogP contribution in [0.4, 0.5) is 0 Å². The van der Waals surface area contributed by atoms with Gasteiger partial charge in [0.15, 0.2) is 6.10 Å². The van der Waals surface area contributed by atoms with Crippen LogP contribution in [0.3, 0.4) is 0 Å². The van der Waals surface area contributed by atoms with Crippen molar-refractivity contribution in [3.63, 3.8) is 0 Å². The van der Waals surface area contributed by atoms with Gasteiger partial charge < -0.3 is 27.9 Å². The first-order chi connectivity index (χ1) is 28.5. The first kappa shape index (κ1) is 57.5. The third kappa shape index (κ3) is 45.8. The number of allylic oxidation sites excluding steroid dienone is 4. The lowest BCUT2D eigenvalue weighted by atomic mass is 10.1. The summed E-state index contributed by atoms with van der Waals surface area (Å²) in [5.74, 6) is -0.841. The second-order valence-electron chi connectivity index (χ2n) is 17.8. The Morgan fingerprint density at radius 2 is 0.864 bits per heavy atom. The van der Waals surface area contributed by atoms with Crippen molar-refractivity contribution < 1.29 is 42.1 Å². The number of hydrogen-bond donors (Lipinski definition) is 0. The summed E-state index contributed by atoms with van der Waals surface area (Å²) in [7, 11) is 1.16. The summed E-state index contributed by atoms with van der Waals surface area (Å²) < 4.78 is 34.0. The number of nitrogens with zero attached hydrogens (tertiary/aromatic N) is 1. The summed E-state index contributed by atoms with van der Waals surface area (Å²) in [6.45, 7) is 4.24. The molecule has 0 aromatic rings. The largest absolute Gasteiger partial charge is 0.756 e. The molecule has 0 saturated carbocycles. The highest BCUT2D eigenvalue weighted by Gasteiger charge is 2.21. The van der Waals surface area contributed by atoms with E-state index in [1.165, 1.54) is 128 Å². The highest BCUT2D eigenvalue weighted by atomic mass is 31.2. The predicted molar refractivity (Wildman–Crippen MR) is 245 cm³/mol. The number of phosphoric ester groups is 1. The molecule has 0 rings (SSSR count). The molecule has 59 heavy (non-hydrogen) atoms. The van der Waals surface area contributed by atoms with Gasteiger partial charge in [-0.2, -0.15) is 0 Å². The Morgan fingerprint density at radius 1 is 0.508 bits per heavy atom. The number of esters is 2. The molecule has 1 unspecified atom stereocenters. The van der Waals surface area contributed by atoms with Crippen molar-refractivity contribution in [1.82, 2.24) is 0 Å². The predicted octanol–water partition coefficient (Wildman–Crippen LogP) is 13.7. The van der Waals surface area contributed by atoms with Crippen molar-refractivity contribution in [3.05, 3.63) is 24.3 Å². The molecular formula is C49H94NO8P. The van der Waals surface area contributed by atoms with Crippen molar-refractivity contribution in [2.24, 2.45) is 0 Å². The van der Waals surface area contributed by atoms with Crippen LogP contribution < -0.4 is 4.89 Å². The second-order valence-corrected chi connectivity index (χ2v) is 19.2. The zero-order chi connectivity index (χ0) is 43.6. The highest BCUT2D eigenvalue weighted by Crippen LogP contribution is 2.38. The topological polar surface area (TPSA) is 111 Å². The Bertz CT molecular complexity index is 1060. The SMILES string of the molecule is CCCCCCCCC/C=C\CCCCCCCC(=O)O[C@H](COC(=O)CCCCCCCCC/C=C\CCCCCCCCCC)COP(=O)([O-])OCC[N+](C)(C)C. The fraction of sp³-hybridized carbons (Fsp3) is 0.878. The van der Waals surface area contributed by atoms with E-state index < -0.39 is 26.5 Å². The fourth-order valence-corrected chi connectivity index (χ4v) is 7.55. The molecule has 0 aromatic heterocycles. The number of quaternary nitrogens is 1. The van der Waals surface area contributed by atoms with E-state index in [1.54, 1.807) is 0 Å². The van der Waals surface area contributed by atoms with E-state index in [1.807, 2.05) is 21.1 Å². The fourth-order valence-electron chi connectivity index (χ4n) is 6.82. The van der Waals surface area contributed by atoms with Gasteiger partial charge in [-0.15, -0.1) is 0 Å². The maximum atomic E-state index is 12.7. The normalized spacial score (nSPS) is 13.7. The Hall–Kier alpha value is -1.51. The lowest BCUT2D eigenvalue weighted by molar-refractivity contribution is -0.870. The van der Waals surface area contributed by atoms with E-state index in [4.69, 9.17) is 18.5 Å². The molecule has 0 fully saturated rings. The monoisotopic (exact) mass is 856 g/mol. The maximum absolute atomic E-state index is 12.7. The van der Waals surface area contributed by atoms with Gasteiger partial charge in [-0.05, 0) is 64.2 Å². The molecule has 348 valence electrons. The smallest absolute Gasteiger partial charge is 0.306 e. The third-order valence-corrected chi connectivity index (χ3v) is 11.7. The number of likely N-dealkylation sites (N-methyl/N-ethyl adjacent to an activating group) is 1. The average molecular weight is 856 g/mol. The van der Waals surface area contributed by atoms with E-state index in [2.05, 4.69) is 38.2 Å². The summed E-state index contributed by atoms with van der Waals surface area (Å²) in [6, 6.07) is 0. The Kier molecular flexibility index (Phi) is 40.8. The third-order valence-electron chi connectivity index (χ3n) is 10.7. The molecule has 0 spiro atoms. The molecule has 10 heteroatoms. The van der Waals surface area contributed by atoms with E-state index in [9.17, 15) is 19.0 Å². The van der Waals surface area contributed by atoms with Gasteiger partial charge in [0, 0.05) is 12.8 Å². The number of carbonyl (C=O) groups excluding carboxylic acids is 2. The minimum atomic E-state index is -4.63. The molecule has 9 nitrogen and oxygen atoms in total. The summed E-state index contributed by atoms with van der Waals surface area (Å²) in [5.41, 5.74) is 0. The summed E-state index contributed by atoms with van der Waals surface area (Å²) in [5, 5.41) is 0. The van der Waals surface area contributed by atoms with Crippen molar-refractivity contribution in [3.8, 4) is 0 Å². The van der Waals surface area contributed by atoms with Gasteiger partial charge in [-0.25, -0.2) is 0 Å². The van der Waals surface area contributed by atoms with Gasteiger partial charge >= 0.3 is 11.9 Å². The Labute approximate surface area is 364 Å². The summed E-state index contributed by atoms with van der Waals surface area (Å²) in [6.07, 6.45) is 46.3. The number of carbonyl (C=O) groups is 2. The van der Waals surface area contributed by atoms with Gasteiger partial charge in [-0.1, -0.05) is 173 Å². The number of ether oxygens (including phenoxy) is 2. The van der Waals surface area contributed by atoms with Crippen LogP contribution in [-0.2, 0) is 32.7 Å². The number of phosphoric acid groups is 1. The van der Waals surface area contributed by atoms with Crippen molar-refractivity contribution >= 4 is 19.8 Å². The molecule has 0 saturated heterocycles. The Morgan fingerprint density at radius 3 is 1.25 bits per heavy atom. The standard InChI is InChI=1S/C49H94NO8P/c1-6-8-10-12-14-16-18-20-22-24-25-26-28-29-31-33-35-37-39-41-48(51)55-45-47(46-57-59(53,54)56-44-43-50(3,4)5)58-49(52)42-40-38-36-34-32-30-27-23-21-19-17-15-13-11-9-7-2/h23-25,27,47H,6-22,26,28-46H2,1-5H3/b25-24-,27-23-/t47-/m1/s1. The second kappa shape index (κ2) is 41.8. The molecular weight excluding hydrogens is 762 g/mol. The van der Waals surface area contributed by atoms with Gasteiger partial charge in [0.1, 0.15) is 19.8 Å². The zero-order valence-electron chi connectivity index (χ0n) is 39.2. The zero-order valence-corrected chi connectivity index (χ0v) is 40.1. The highest BCUT2D eigenvalue weighted by molar-refractivity contribution is 7.45. The van der Waals surface area contributed by atoms with Crippen molar-refractivity contribution in [2.75, 3.05) is 47.5 Å². The lowest BCUT2D eigenvalue weighted by Gasteiger charge is -2.28. The first-order valence-corrected chi connectivity index (χ1v) is 26.0. The number of hydrogen-bond acceptors (Lipinski definition) is 8. The average Bonchev–Trinajstić information content (AvgIpc) is 3.19. The van der Waals surface area contributed by atoms with Crippen LogP contribution >= 0.6 is 7.82 Å². The van der Waals surface area contributed by atoms with Crippen LogP contribution in [0.15, 0.2) is 24.3 Å². The van der Waals surface area contributed by atoms with Crippen molar-refractivity contribution in [1.29, 1.82) is 0 Å². The molecule has 2 atom stereocenters. The first-order valence-electron chi connectivity index (χ1n) is 24.5.